The van der Waals surface area contributed by atoms with E-state index in [-0.39, 0.29) is 69.4 Å². The molecule has 8 amide bonds. The quantitative estimate of drug-likeness (QED) is 0.0162. The van der Waals surface area contributed by atoms with Crippen molar-refractivity contribution in [1.82, 2.24) is 31.9 Å². The van der Waals surface area contributed by atoms with Gasteiger partial charge < -0.3 is 62.5 Å². The number of amides is 8. The second-order valence-electron chi connectivity index (χ2n) is 17.2. The van der Waals surface area contributed by atoms with Gasteiger partial charge in [-0.05, 0) is 90.6 Å². The summed E-state index contributed by atoms with van der Waals surface area (Å²) in [6, 6.07) is 11.9. The molecule has 25 nitrogen and oxygen atoms in total. The van der Waals surface area contributed by atoms with Crippen molar-refractivity contribution in [2.75, 3.05) is 19.7 Å². The first-order valence-corrected chi connectivity index (χ1v) is 24.6. The highest BCUT2D eigenvalue weighted by molar-refractivity contribution is 7.78. The van der Waals surface area contributed by atoms with Crippen molar-refractivity contribution in [3.05, 3.63) is 100 Å². The third kappa shape index (κ3) is 16.8. The Labute approximate surface area is 431 Å². The molecule has 1 aliphatic carbocycles. The van der Waals surface area contributed by atoms with Crippen molar-refractivity contribution < 1.29 is 71.9 Å². The molecular formula is C48H52N9O16PS. The van der Waals surface area contributed by atoms with Crippen LogP contribution < -0.4 is 53.3 Å². The molecule has 75 heavy (non-hydrogen) atoms. The third-order valence-electron chi connectivity index (χ3n) is 11.0. The lowest BCUT2D eigenvalue weighted by Crippen LogP contribution is -2.57. The molecule has 1 heterocycles. The Balaban J connectivity index is 1.39. The summed E-state index contributed by atoms with van der Waals surface area (Å²) >= 11 is 4.79. The summed E-state index contributed by atoms with van der Waals surface area (Å²) < 4.78 is 22.0. The average Bonchev–Trinajstić information content (AvgIpc) is 3.33. The van der Waals surface area contributed by atoms with Crippen LogP contribution in [0.3, 0.4) is 0 Å². The minimum Gasteiger partial charge on any atom is -0.508 e. The number of phosphoric ester groups is 1. The highest BCUT2D eigenvalue weighted by atomic mass is 32.1. The summed E-state index contributed by atoms with van der Waals surface area (Å²) in [5.74, 6) is -7.93. The van der Waals surface area contributed by atoms with E-state index in [0.29, 0.717) is 16.5 Å². The van der Waals surface area contributed by atoms with Gasteiger partial charge in [-0.15, -0.1) is 0 Å². The summed E-state index contributed by atoms with van der Waals surface area (Å²) in [6.45, 7) is 1.11. The standard InChI is InChI=1S/C48H52N9O16PS/c1-24(2)15-35(47(67)57-37(22-58)44(50)64)54-42(63)21-52-46(66)34(13-14-40(49)61)56-48(68)36(16-25-3-8-29(9-4-25)73-74(69,70)71)55-41(62)20-51-45(65)33-17-26(53-23-75)5-10-30(33)43-31-11-6-27(59)18-38(31)72-39-19-28(60)7-12-32(39)43/h3-12,17-19,24,34-37,58-59H,13-16,20-22H2,1-2H3,(H2,49,61)(H2,50,64)(H,51,65)(H,52,66)(H,54,63)(H,55,62)(H,56,68)(H,57,67)(H2,69,70,71)/t34-,35-,36-,37-/m0/s1. The highest BCUT2D eigenvalue weighted by Gasteiger charge is 2.31. The van der Waals surface area contributed by atoms with Crippen molar-refractivity contribution in [1.29, 1.82) is 0 Å². The summed E-state index contributed by atoms with van der Waals surface area (Å²) in [4.78, 5) is 140. The predicted molar refractivity (Wildman–Crippen MR) is 271 cm³/mol. The first kappa shape index (κ1) is 57.5. The van der Waals surface area contributed by atoms with Gasteiger partial charge in [-0.1, -0.05) is 32.0 Å². The number of nitrogens with zero attached hydrogens (tertiary/aromatic N) is 1. The lowest BCUT2D eigenvalue weighted by molar-refractivity contribution is -0.134. The van der Waals surface area contributed by atoms with Gasteiger partial charge in [0.1, 0.15) is 47.0 Å². The molecule has 0 bridgehead atoms. The average molecular weight is 1070 g/mol. The largest absolute Gasteiger partial charge is 0.524 e. The fraction of sp³-hybridized carbons (Fsp3) is 0.292. The van der Waals surface area contributed by atoms with Gasteiger partial charge in [0.2, 0.25) is 41.4 Å². The number of carbonyl (C=O) groups is 8. The second kappa shape index (κ2) is 26.0. The monoisotopic (exact) mass is 1070 g/mol. The third-order valence-corrected chi connectivity index (χ3v) is 11.5. The van der Waals surface area contributed by atoms with Gasteiger partial charge in [0.15, 0.2) is 5.43 Å². The zero-order valence-electron chi connectivity index (χ0n) is 40.0. The number of aliphatic imine (C=N–C) groups is 1. The van der Waals surface area contributed by atoms with Crippen molar-refractivity contribution >= 4 is 89.1 Å². The number of rotatable bonds is 25. The topological polar surface area (TPSA) is 411 Å². The van der Waals surface area contributed by atoms with Crippen molar-refractivity contribution in [3.63, 3.8) is 0 Å². The van der Waals surface area contributed by atoms with E-state index in [4.69, 9.17) is 28.1 Å². The van der Waals surface area contributed by atoms with Crippen molar-refractivity contribution in [3.8, 4) is 33.9 Å². The number of phenolic OH excluding ortho intramolecular Hbond substituents is 1. The summed E-state index contributed by atoms with van der Waals surface area (Å²) in [5, 5.41) is 36.8. The second-order valence-corrected chi connectivity index (χ2v) is 18.5. The molecule has 0 fully saturated rings. The Morgan fingerprint density at radius 3 is 2.04 bits per heavy atom. The highest BCUT2D eigenvalue weighted by Crippen LogP contribution is 2.43. The molecule has 14 N–H and O–H groups in total. The maximum absolute atomic E-state index is 14.2. The summed E-state index contributed by atoms with van der Waals surface area (Å²) in [6.07, 6.45) is -1.17. The number of hydrogen-bond donors (Lipinski definition) is 12. The van der Waals surface area contributed by atoms with Crippen LogP contribution >= 0.6 is 20.0 Å². The molecule has 0 unspecified atom stereocenters. The number of aromatic hydroxyl groups is 1. The maximum atomic E-state index is 14.2. The van der Waals surface area contributed by atoms with E-state index in [2.05, 4.69) is 46.6 Å². The number of isothiocyanates is 1. The predicted octanol–water partition coefficient (Wildman–Crippen LogP) is 0.293. The number of fused-ring (bicyclic) bond motifs is 2. The summed E-state index contributed by atoms with van der Waals surface area (Å²) in [7, 11) is -4.97. The van der Waals surface area contributed by atoms with E-state index in [9.17, 15) is 67.7 Å². The summed E-state index contributed by atoms with van der Waals surface area (Å²) in [5.41, 5.74) is 11.8. The molecular weight excluding hydrogens is 1020 g/mol. The van der Waals surface area contributed by atoms with E-state index in [1.54, 1.807) is 26.0 Å². The zero-order chi connectivity index (χ0) is 55.1. The number of thiocarbonyl (C=S) groups is 1. The van der Waals surface area contributed by atoms with Crippen LogP contribution in [0.15, 0.2) is 93.1 Å². The lowest BCUT2D eigenvalue weighted by atomic mass is 9.90. The van der Waals surface area contributed by atoms with Crippen LogP contribution in [-0.2, 0) is 44.5 Å². The minimum atomic E-state index is -4.97. The van der Waals surface area contributed by atoms with Gasteiger partial charge >= 0.3 is 7.82 Å². The van der Waals surface area contributed by atoms with Gasteiger partial charge in [-0.2, -0.15) is 4.99 Å². The molecule has 5 rings (SSSR count). The lowest BCUT2D eigenvalue weighted by Gasteiger charge is -2.24. The number of phosphoric acid groups is 1. The van der Waals surface area contributed by atoms with E-state index in [0.717, 1.165) is 0 Å². The molecule has 0 spiro atoms. The van der Waals surface area contributed by atoms with Gasteiger partial charge in [0, 0.05) is 47.1 Å². The number of aliphatic hydroxyl groups is 1. The first-order valence-electron chi connectivity index (χ1n) is 22.6. The molecule has 3 aromatic carbocycles. The van der Waals surface area contributed by atoms with Crippen LogP contribution in [0.2, 0.25) is 0 Å². The van der Waals surface area contributed by atoms with Crippen molar-refractivity contribution in [2.24, 2.45) is 22.4 Å². The van der Waals surface area contributed by atoms with Crippen LogP contribution in [0.1, 0.15) is 49.0 Å². The zero-order valence-corrected chi connectivity index (χ0v) is 41.7. The SMILES string of the molecule is CC(C)C[C@H](NC(=O)CNC(=O)[C@H](CCC(N)=O)NC(=O)[C@H](Cc1ccc(OP(=O)(O)O)cc1)NC(=O)CNC(=O)c1cc(N=C=S)ccc1-c1c2ccc(=O)cc-2oc2cc(O)ccc12)C(=O)N[C@@H](CO)C(N)=O. The van der Waals surface area contributed by atoms with E-state index in [1.807, 2.05) is 0 Å². The molecule has 0 saturated carbocycles. The van der Waals surface area contributed by atoms with Crippen LogP contribution in [0.4, 0.5) is 5.69 Å². The minimum absolute atomic E-state index is 0.0524. The molecule has 27 heteroatoms. The first-order chi connectivity index (χ1) is 35.4. The molecule has 0 aromatic heterocycles. The van der Waals surface area contributed by atoms with Gasteiger partial charge in [0.25, 0.3) is 5.91 Å². The van der Waals surface area contributed by atoms with Crippen LogP contribution in [0.25, 0.3) is 33.4 Å². The fourth-order valence-corrected chi connectivity index (χ4v) is 8.03. The fourth-order valence-electron chi connectivity index (χ4n) is 7.53. The Hall–Kier alpha value is -8.38. The number of nitrogens with one attached hydrogen (secondary N) is 6. The Kier molecular flexibility index (Phi) is 20.0. The normalized spacial score (nSPS) is 12.8. The molecule has 396 valence electrons. The van der Waals surface area contributed by atoms with Crippen LogP contribution in [0, 0.1) is 5.92 Å². The number of phenols is 1. The number of nitrogens with two attached hydrogens (primary N) is 2. The molecule has 4 atom stereocenters. The van der Waals surface area contributed by atoms with E-state index >= 15 is 0 Å². The van der Waals surface area contributed by atoms with Crippen LogP contribution in [0.5, 0.6) is 11.5 Å². The van der Waals surface area contributed by atoms with E-state index < -0.39 is 112 Å². The number of hydrogen-bond acceptors (Lipinski definition) is 16. The van der Waals surface area contributed by atoms with Crippen LogP contribution in [-0.4, -0.2) is 116 Å². The molecule has 1 aliphatic heterocycles. The Morgan fingerprint density at radius 1 is 0.773 bits per heavy atom. The molecule has 0 saturated heterocycles. The Morgan fingerprint density at radius 2 is 1.41 bits per heavy atom. The number of aliphatic hydroxyl groups excluding tert-OH is 1. The smallest absolute Gasteiger partial charge is 0.508 e. The van der Waals surface area contributed by atoms with Gasteiger partial charge in [-0.25, -0.2) is 4.57 Å². The molecule has 3 aromatic rings. The number of primary amides is 2. The van der Waals surface area contributed by atoms with Gasteiger partial charge in [-0.3, -0.25) is 52.9 Å². The molecule has 2 aliphatic rings. The maximum Gasteiger partial charge on any atom is 0.524 e. The number of benzene rings is 4. The van der Waals surface area contributed by atoms with Crippen molar-refractivity contribution in [2.45, 2.75) is 63.7 Å². The van der Waals surface area contributed by atoms with E-state index in [1.165, 1.54) is 66.7 Å². The molecule has 0 radical (unpaired) electrons. The number of carbonyl (C=O) groups excluding carboxylic acids is 8. The van der Waals surface area contributed by atoms with Gasteiger partial charge in [0.05, 0.1) is 30.5 Å². The Bertz CT molecular complexity index is 3120.